The third kappa shape index (κ3) is 4.48. The summed E-state index contributed by atoms with van der Waals surface area (Å²) in [5.74, 6) is -0.787. The van der Waals surface area contributed by atoms with Crippen LogP contribution in [-0.4, -0.2) is 35.2 Å². The van der Waals surface area contributed by atoms with E-state index in [1.807, 2.05) is 24.3 Å². The highest BCUT2D eigenvalue weighted by molar-refractivity contribution is 7.80. The van der Waals surface area contributed by atoms with Gasteiger partial charge in [0.15, 0.2) is 5.11 Å². The van der Waals surface area contributed by atoms with E-state index in [-0.39, 0.29) is 24.2 Å². The van der Waals surface area contributed by atoms with Crippen LogP contribution in [0.15, 0.2) is 48.5 Å². The first-order valence-electron chi connectivity index (χ1n) is 8.28. The number of aliphatic hydroxyl groups is 1. The van der Waals surface area contributed by atoms with Crippen molar-refractivity contribution in [2.24, 2.45) is 0 Å². The summed E-state index contributed by atoms with van der Waals surface area (Å²) in [5, 5.41) is 18.1. The maximum atomic E-state index is 12.6. The molecule has 0 saturated carbocycles. The summed E-state index contributed by atoms with van der Waals surface area (Å²) in [6.45, 7) is -0.0233. The number of aliphatic hydroxyl groups excluding tert-OH is 1. The number of thiophene rings is 1. The summed E-state index contributed by atoms with van der Waals surface area (Å²) in [5.41, 5.74) is 0.776. The first-order chi connectivity index (χ1) is 13.5. The second-order valence-electron chi connectivity index (χ2n) is 5.67. The summed E-state index contributed by atoms with van der Waals surface area (Å²) >= 11 is 12.8. The Kier molecular flexibility index (Phi) is 6.58. The van der Waals surface area contributed by atoms with Gasteiger partial charge in [0.25, 0.3) is 11.8 Å². The van der Waals surface area contributed by atoms with Crippen LogP contribution in [0.4, 0.5) is 5.69 Å². The quantitative estimate of drug-likeness (QED) is 0.463. The molecule has 9 heteroatoms. The number of hydrogen-bond donors (Lipinski definition) is 4. The lowest BCUT2D eigenvalue weighted by molar-refractivity contribution is 0.0944. The molecule has 0 saturated heterocycles. The van der Waals surface area contributed by atoms with Crippen LogP contribution in [0.3, 0.4) is 0 Å². The number of fused-ring (bicyclic) bond motifs is 1. The van der Waals surface area contributed by atoms with Crippen LogP contribution in [0, 0.1) is 0 Å². The van der Waals surface area contributed by atoms with Crippen LogP contribution in [0.1, 0.15) is 20.0 Å². The minimum absolute atomic E-state index is 0.0425. The van der Waals surface area contributed by atoms with Crippen LogP contribution in [0.5, 0.6) is 0 Å². The van der Waals surface area contributed by atoms with E-state index >= 15 is 0 Å². The molecule has 4 N–H and O–H groups in total. The molecule has 1 heterocycles. The van der Waals surface area contributed by atoms with E-state index < -0.39 is 5.91 Å². The number of amides is 2. The SMILES string of the molecule is O=C(NCCO)c1ccccc1NC(=S)NC(=O)c1sc2ccccc2c1Cl. The standard InChI is InChI=1S/C19H16ClN3O3S2/c20-15-12-6-2-4-8-14(12)28-16(15)18(26)23-19(27)22-13-7-3-1-5-11(13)17(25)21-9-10-24/h1-8,24H,9-10H2,(H,21,25)(H2,22,23,26,27). The Balaban J connectivity index is 1.73. The molecular weight excluding hydrogens is 418 g/mol. The molecule has 0 atom stereocenters. The van der Waals surface area contributed by atoms with Crippen molar-refractivity contribution in [3.05, 3.63) is 64.0 Å². The number of hydrogen-bond acceptors (Lipinski definition) is 5. The molecule has 0 aliphatic carbocycles. The Hall–Kier alpha value is -2.52. The highest BCUT2D eigenvalue weighted by Gasteiger charge is 2.18. The van der Waals surface area contributed by atoms with E-state index in [2.05, 4.69) is 16.0 Å². The summed E-state index contributed by atoms with van der Waals surface area (Å²) < 4.78 is 0.905. The third-order valence-electron chi connectivity index (χ3n) is 3.79. The van der Waals surface area contributed by atoms with Crippen LogP contribution >= 0.6 is 35.2 Å². The number of carbonyl (C=O) groups is 2. The Morgan fingerprint density at radius 1 is 1.07 bits per heavy atom. The molecule has 28 heavy (non-hydrogen) atoms. The second-order valence-corrected chi connectivity index (χ2v) is 7.51. The maximum absolute atomic E-state index is 12.6. The first kappa shape index (κ1) is 20.2. The summed E-state index contributed by atoms with van der Waals surface area (Å²) in [6, 6.07) is 14.2. The molecule has 3 aromatic rings. The average molecular weight is 434 g/mol. The van der Waals surface area contributed by atoms with Gasteiger partial charge in [-0.25, -0.2) is 0 Å². The Morgan fingerprint density at radius 3 is 2.54 bits per heavy atom. The second kappa shape index (κ2) is 9.11. The van der Waals surface area contributed by atoms with Gasteiger partial charge in [0.1, 0.15) is 4.88 Å². The number of halogens is 1. The molecule has 6 nitrogen and oxygen atoms in total. The topological polar surface area (TPSA) is 90.5 Å². The van der Waals surface area contributed by atoms with Crippen molar-refractivity contribution in [3.8, 4) is 0 Å². The van der Waals surface area contributed by atoms with Gasteiger partial charge >= 0.3 is 0 Å². The van der Waals surface area contributed by atoms with E-state index in [4.69, 9.17) is 28.9 Å². The number of benzene rings is 2. The molecule has 1 aromatic heterocycles. The number of nitrogens with one attached hydrogen (secondary N) is 3. The van der Waals surface area contributed by atoms with Gasteiger partial charge in [-0.05, 0) is 30.4 Å². The van der Waals surface area contributed by atoms with Gasteiger partial charge in [0.2, 0.25) is 0 Å². The molecule has 2 aromatic carbocycles. The molecule has 0 bridgehead atoms. The van der Waals surface area contributed by atoms with E-state index in [9.17, 15) is 9.59 Å². The fraction of sp³-hybridized carbons (Fsp3) is 0.105. The van der Waals surface area contributed by atoms with Gasteiger partial charge in [0.05, 0.1) is 22.9 Å². The zero-order valence-electron chi connectivity index (χ0n) is 14.5. The lowest BCUT2D eigenvalue weighted by Crippen LogP contribution is -2.35. The lowest BCUT2D eigenvalue weighted by Gasteiger charge is -2.13. The Morgan fingerprint density at radius 2 is 1.79 bits per heavy atom. The van der Waals surface area contributed by atoms with Crippen LogP contribution in [0.25, 0.3) is 10.1 Å². The number of para-hydroxylation sites is 1. The van der Waals surface area contributed by atoms with E-state index in [1.165, 1.54) is 11.3 Å². The predicted octanol–water partition coefficient (Wildman–Crippen LogP) is 3.40. The Bertz CT molecular complexity index is 1050. The zero-order valence-corrected chi connectivity index (χ0v) is 16.9. The first-order valence-corrected chi connectivity index (χ1v) is 9.89. The van der Waals surface area contributed by atoms with E-state index in [1.54, 1.807) is 24.3 Å². The van der Waals surface area contributed by atoms with Crippen LogP contribution < -0.4 is 16.0 Å². The monoisotopic (exact) mass is 433 g/mol. The minimum atomic E-state index is -0.425. The van der Waals surface area contributed by atoms with Gasteiger partial charge in [0, 0.05) is 16.6 Å². The molecule has 2 amide bonds. The molecule has 3 rings (SSSR count). The molecule has 144 valence electrons. The molecular formula is C19H16ClN3O3S2. The number of rotatable bonds is 5. The molecule has 0 spiro atoms. The van der Waals surface area contributed by atoms with Crippen molar-refractivity contribution in [1.29, 1.82) is 0 Å². The maximum Gasteiger partial charge on any atom is 0.269 e. The predicted molar refractivity (Wildman–Crippen MR) is 116 cm³/mol. The molecule has 0 radical (unpaired) electrons. The molecule has 0 fully saturated rings. The average Bonchev–Trinajstić information content (AvgIpc) is 3.03. The van der Waals surface area contributed by atoms with Crippen LogP contribution in [0.2, 0.25) is 5.02 Å². The molecule has 0 aliphatic heterocycles. The summed E-state index contributed by atoms with van der Waals surface area (Å²) in [6.07, 6.45) is 0. The van der Waals surface area contributed by atoms with Gasteiger partial charge in [-0.2, -0.15) is 0 Å². The minimum Gasteiger partial charge on any atom is -0.395 e. The normalized spacial score (nSPS) is 10.5. The summed E-state index contributed by atoms with van der Waals surface area (Å²) in [4.78, 5) is 25.1. The van der Waals surface area contributed by atoms with E-state index in [0.717, 1.165) is 10.1 Å². The lowest BCUT2D eigenvalue weighted by atomic mass is 10.1. The number of carbonyl (C=O) groups excluding carboxylic acids is 2. The smallest absolute Gasteiger partial charge is 0.269 e. The van der Waals surface area contributed by atoms with Crippen molar-refractivity contribution in [2.45, 2.75) is 0 Å². The van der Waals surface area contributed by atoms with Crippen molar-refractivity contribution in [1.82, 2.24) is 10.6 Å². The fourth-order valence-corrected chi connectivity index (χ4v) is 4.14. The zero-order chi connectivity index (χ0) is 20.1. The highest BCUT2D eigenvalue weighted by atomic mass is 35.5. The van der Waals surface area contributed by atoms with Crippen molar-refractivity contribution < 1.29 is 14.7 Å². The van der Waals surface area contributed by atoms with Crippen molar-refractivity contribution in [3.63, 3.8) is 0 Å². The van der Waals surface area contributed by atoms with Gasteiger partial charge in [-0.1, -0.05) is 41.9 Å². The van der Waals surface area contributed by atoms with Crippen molar-refractivity contribution in [2.75, 3.05) is 18.5 Å². The van der Waals surface area contributed by atoms with Crippen LogP contribution in [-0.2, 0) is 0 Å². The molecule has 0 aliphatic rings. The highest BCUT2D eigenvalue weighted by Crippen LogP contribution is 2.34. The van der Waals surface area contributed by atoms with Crippen molar-refractivity contribution >= 4 is 67.9 Å². The Labute approximate surface area is 175 Å². The van der Waals surface area contributed by atoms with E-state index in [0.29, 0.717) is 21.2 Å². The number of thiocarbonyl (C=S) groups is 1. The van der Waals surface area contributed by atoms with Gasteiger partial charge < -0.3 is 15.7 Å². The third-order valence-corrected chi connectivity index (χ3v) is 5.66. The largest absolute Gasteiger partial charge is 0.395 e. The number of anilines is 1. The van der Waals surface area contributed by atoms with Gasteiger partial charge in [-0.3, -0.25) is 14.9 Å². The summed E-state index contributed by atoms with van der Waals surface area (Å²) in [7, 11) is 0. The fourth-order valence-electron chi connectivity index (χ4n) is 2.53. The van der Waals surface area contributed by atoms with Gasteiger partial charge in [-0.15, -0.1) is 11.3 Å². The molecule has 0 unspecified atom stereocenters.